The van der Waals surface area contributed by atoms with E-state index in [0.29, 0.717) is 5.92 Å². The van der Waals surface area contributed by atoms with Gasteiger partial charge in [-0.2, -0.15) is 0 Å². The molecule has 1 fully saturated rings. The van der Waals surface area contributed by atoms with Crippen LogP contribution in [0.1, 0.15) is 44.3 Å². The molecular weight excluding hydrogens is 252 g/mol. The van der Waals surface area contributed by atoms with Crippen molar-refractivity contribution in [2.24, 2.45) is 5.92 Å². The molecule has 1 aliphatic rings. The number of nitrogens with one attached hydrogen (secondary N) is 1. The van der Waals surface area contributed by atoms with E-state index in [9.17, 15) is 9.90 Å². The number of nitrogens with zero attached hydrogens (tertiary/aromatic N) is 1. The molecule has 0 spiro atoms. The molecule has 4 nitrogen and oxygen atoms in total. The van der Waals surface area contributed by atoms with E-state index in [1.54, 1.807) is 11.8 Å². The summed E-state index contributed by atoms with van der Waals surface area (Å²) in [4.78, 5) is 13.9. The van der Waals surface area contributed by atoms with E-state index in [1.165, 1.54) is 25.7 Å². The number of aliphatic hydroxyl groups is 1. The molecule has 1 saturated carbocycles. The molecule has 1 aliphatic carbocycles. The lowest BCUT2D eigenvalue weighted by Gasteiger charge is -2.21. The second-order valence-corrected chi connectivity index (χ2v) is 5.76. The Hall–Kier alpha value is -1.55. The third-order valence-corrected chi connectivity index (χ3v) is 3.97. The number of urea groups is 1. The number of hydrogen-bond donors (Lipinski definition) is 2. The molecule has 0 radical (unpaired) electrons. The minimum Gasteiger partial charge on any atom is -0.389 e. The molecule has 1 unspecified atom stereocenters. The number of amides is 2. The minimum atomic E-state index is -0.525. The molecule has 0 saturated heterocycles. The van der Waals surface area contributed by atoms with Gasteiger partial charge in [-0.15, -0.1) is 0 Å². The molecule has 20 heavy (non-hydrogen) atoms. The Morgan fingerprint density at radius 2 is 2.15 bits per heavy atom. The Balaban J connectivity index is 1.91. The van der Waals surface area contributed by atoms with Crippen molar-refractivity contribution in [3.63, 3.8) is 0 Å². The molecule has 0 aliphatic heterocycles. The Morgan fingerprint density at radius 3 is 2.80 bits per heavy atom. The van der Waals surface area contributed by atoms with Crippen LogP contribution in [0.15, 0.2) is 24.3 Å². The van der Waals surface area contributed by atoms with Gasteiger partial charge in [0, 0.05) is 19.3 Å². The SMILES string of the molecule is CC(O)c1cccc(NC(=O)N(C)CC2CCCC2)c1. The lowest BCUT2D eigenvalue weighted by Crippen LogP contribution is -2.34. The molecule has 2 amide bonds. The molecule has 1 aromatic rings. The van der Waals surface area contributed by atoms with Gasteiger partial charge in [0.15, 0.2) is 0 Å². The van der Waals surface area contributed by atoms with Crippen molar-refractivity contribution in [1.29, 1.82) is 0 Å². The molecule has 4 heteroatoms. The molecule has 2 N–H and O–H groups in total. The number of carbonyl (C=O) groups is 1. The average Bonchev–Trinajstić information content (AvgIpc) is 2.91. The summed E-state index contributed by atoms with van der Waals surface area (Å²) in [5.74, 6) is 0.648. The Bertz CT molecular complexity index is 454. The maximum Gasteiger partial charge on any atom is 0.321 e. The van der Waals surface area contributed by atoms with Crippen LogP contribution in [-0.4, -0.2) is 29.6 Å². The number of benzene rings is 1. The smallest absolute Gasteiger partial charge is 0.321 e. The zero-order valence-corrected chi connectivity index (χ0v) is 12.3. The first-order valence-electron chi connectivity index (χ1n) is 7.36. The molecule has 0 heterocycles. The van der Waals surface area contributed by atoms with E-state index in [0.717, 1.165) is 17.8 Å². The van der Waals surface area contributed by atoms with E-state index in [-0.39, 0.29) is 6.03 Å². The largest absolute Gasteiger partial charge is 0.389 e. The van der Waals surface area contributed by atoms with Crippen LogP contribution in [-0.2, 0) is 0 Å². The lowest BCUT2D eigenvalue weighted by atomic mass is 10.1. The molecule has 1 aromatic carbocycles. The quantitative estimate of drug-likeness (QED) is 0.885. The fraction of sp³-hybridized carbons (Fsp3) is 0.562. The Kier molecular flexibility index (Phi) is 5.01. The molecule has 0 bridgehead atoms. The van der Waals surface area contributed by atoms with Crippen molar-refractivity contribution in [1.82, 2.24) is 4.90 Å². The van der Waals surface area contributed by atoms with Crippen molar-refractivity contribution in [2.45, 2.75) is 38.7 Å². The predicted molar refractivity (Wildman–Crippen MR) is 80.7 cm³/mol. The van der Waals surface area contributed by atoms with Gasteiger partial charge in [-0.05, 0) is 43.4 Å². The van der Waals surface area contributed by atoms with Crippen LogP contribution in [0.25, 0.3) is 0 Å². The highest BCUT2D eigenvalue weighted by molar-refractivity contribution is 5.89. The van der Waals surface area contributed by atoms with Crippen LogP contribution in [0.2, 0.25) is 0 Å². The topological polar surface area (TPSA) is 52.6 Å². The van der Waals surface area contributed by atoms with Crippen molar-refractivity contribution in [3.05, 3.63) is 29.8 Å². The van der Waals surface area contributed by atoms with Crippen LogP contribution < -0.4 is 5.32 Å². The van der Waals surface area contributed by atoms with Gasteiger partial charge in [0.25, 0.3) is 0 Å². The summed E-state index contributed by atoms with van der Waals surface area (Å²) in [5.41, 5.74) is 1.54. The van der Waals surface area contributed by atoms with E-state index < -0.39 is 6.10 Å². The standard InChI is InChI=1S/C16H24N2O2/c1-12(19)14-8-5-9-15(10-14)17-16(20)18(2)11-13-6-3-4-7-13/h5,8-10,12-13,19H,3-4,6-7,11H2,1-2H3,(H,17,20). The summed E-state index contributed by atoms with van der Waals surface area (Å²) in [6.07, 6.45) is 4.51. The number of anilines is 1. The Morgan fingerprint density at radius 1 is 1.45 bits per heavy atom. The van der Waals surface area contributed by atoms with Gasteiger partial charge in [0.05, 0.1) is 6.10 Å². The summed E-state index contributed by atoms with van der Waals surface area (Å²) in [6.45, 7) is 2.54. The molecule has 1 atom stereocenters. The van der Waals surface area contributed by atoms with Crippen molar-refractivity contribution in [2.75, 3.05) is 18.9 Å². The average molecular weight is 276 g/mol. The zero-order chi connectivity index (χ0) is 14.5. The van der Waals surface area contributed by atoms with Crippen LogP contribution in [0.5, 0.6) is 0 Å². The summed E-state index contributed by atoms with van der Waals surface area (Å²) in [5, 5.41) is 12.4. The summed E-state index contributed by atoms with van der Waals surface area (Å²) in [6, 6.07) is 7.26. The van der Waals surface area contributed by atoms with Crippen LogP contribution >= 0.6 is 0 Å². The van der Waals surface area contributed by atoms with E-state index in [2.05, 4.69) is 5.32 Å². The van der Waals surface area contributed by atoms with Crippen molar-refractivity contribution in [3.8, 4) is 0 Å². The van der Waals surface area contributed by atoms with Gasteiger partial charge in [0.1, 0.15) is 0 Å². The number of carbonyl (C=O) groups excluding carboxylic acids is 1. The second kappa shape index (κ2) is 6.75. The summed E-state index contributed by atoms with van der Waals surface area (Å²) >= 11 is 0. The minimum absolute atomic E-state index is 0.0837. The number of aliphatic hydroxyl groups excluding tert-OH is 1. The van der Waals surface area contributed by atoms with Gasteiger partial charge in [-0.3, -0.25) is 0 Å². The highest BCUT2D eigenvalue weighted by Gasteiger charge is 2.19. The fourth-order valence-corrected chi connectivity index (χ4v) is 2.76. The van der Waals surface area contributed by atoms with Gasteiger partial charge in [-0.1, -0.05) is 25.0 Å². The highest BCUT2D eigenvalue weighted by Crippen LogP contribution is 2.25. The molecule has 0 aromatic heterocycles. The number of hydrogen-bond acceptors (Lipinski definition) is 2. The van der Waals surface area contributed by atoms with E-state index >= 15 is 0 Å². The highest BCUT2D eigenvalue weighted by atomic mass is 16.3. The fourth-order valence-electron chi connectivity index (χ4n) is 2.76. The zero-order valence-electron chi connectivity index (χ0n) is 12.3. The Labute approximate surface area is 120 Å². The summed E-state index contributed by atoms with van der Waals surface area (Å²) < 4.78 is 0. The second-order valence-electron chi connectivity index (χ2n) is 5.76. The third-order valence-electron chi connectivity index (χ3n) is 3.97. The predicted octanol–water partition coefficient (Wildman–Crippen LogP) is 3.39. The lowest BCUT2D eigenvalue weighted by molar-refractivity contribution is 0.199. The summed E-state index contributed by atoms with van der Waals surface area (Å²) in [7, 11) is 1.84. The van der Waals surface area contributed by atoms with Crippen LogP contribution in [0, 0.1) is 5.92 Å². The monoisotopic (exact) mass is 276 g/mol. The molecule has 2 rings (SSSR count). The first-order chi connectivity index (χ1) is 9.56. The molecule has 110 valence electrons. The first-order valence-corrected chi connectivity index (χ1v) is 7.36. The van der Waals surface area contributed by atoms with Crippen molar-refractivity contribution < 1.29 is 9.90 Å². The molecular formula is C16H24N2O2. The van der Waals surface area contributed by atoms with E-state index in [1.807, 2.05) is 31.3 Å². The van der Waals surface area contributed by atoms with Gasteiger partial charge in [0.2, 0.25) is 0 Å². The maximum absolute atomic E-state index is 12.1. The van der Waals surface area contributed by atoms with Gasteiger partial charge < -0.3 is 15.3 Å². The van der Waals surface area contributed by atoms with Gasteiger partial charge >= 0.3 is 6.03 Å². The third kappa shape index (κ3) is 3.97. The van der Waals surface area contributed by atoms with Gasteiger partial charge in [-0.25, -0.2) is 4.79 Å². The van der Waals surface area contributed by atoms with Crippen molar-refractivity contribution >= 4 is 11.7 Å². The van der Waals surface area contributed by atoms with E-state index in [4.69, 9.17) is 0 Å². The normalized spacial score (nSPS) is 16.9. The number of rotatable bonds is 4. The maximum atomic E-state index is 12.1. The van der Waals surface area contributed by atoms with Crippen LogP contribution in [0.4, 0.5) is 10.5 Å². The van der Waals surface area contributed by atoms with Crippen LogP contribution in [0.3, 0.4) is 0 Å². The first kappa shape index (κ1) is 14.9.